The van der Waals surface area contributed by atoms with Crippen LogP contribution in [0.15, 0.2) is 59.5 Å². The van der Waals surface area contributed by atoms with E-state index < -0.39 is 0 Å². The molecule has 5 rings (SSSR count). The van der Waals surface area contributed by atoms with E-state index in [2.05, 4.69) is 69.7 Å². The summed E-state index contributed by atoms with van der Waals surface area (Å²) in [5.41, 5.74) is 2.75. The maximum absolute atomic E-state index is 13.1. The molecule has 182 valence electrons. The average Bonchev–Trinajstić information content (AvgIpc) is 3.03. The predicted molar refractivity (Wildman–Crippen MR) is 141 cm³/mol. The Balaban J connectivity index is 1.09. The van der Waals surface area contributed by atoms with Crippen molar-refractivity contribution in [3.05, 3.63) is 65.7 Å². The van der Waals surface area contributed by atoms with Crippen molar-refractivity contribution in [1.82, 2.24) is 15.1 Å². The van der Waals surface area contributed by atoms with Crippen LogP contribution in [0.1, 0.15) is 55.7 Å². The van der Waals surface area contributed by atoms with E-state index >= 15 is 0 Å². The summed E-state index contributed by atoms with van der Waals surface area (Å²) in [7, 11) is 0. The van der Waals surface area contributed by atoms with Gasteiger partial charge in [-0.05, 0) is 54.8 Å². The van der Waals surface area contributed by atoms with E-state index in [0.717, 1.165) is 51.6 Å². The van der Waals surface area contributed by atoms with Crippen LogP contribution < -0.4 is 5.32 Å². The van der Waals surface area contributed by atoms with Crippen LogP contribution >= 0.6 is 11.8 Å². The van der Waals surface area contributed by atoms with Gasteiger partial charge in [0, 0.05) is 49.8 Å². The fourth-order valence-electron chi connectivity index (χ4n) is 6.08. The predicted octanol–water partition coefficient (Wildman–Crippen LogP) is 5.35. The fraction of sp³-hybridized carbons (Fsp3) is 0.552. The summed E-state index contributed by atoms with van der Waals surface area (Å²) in [4.78, 5) is 19.5. The number of carbonyl (C=O) groups excluding carboxylic acids is 1. The third-order valence-corrected chi connectivity index (χ3v) is 9.29. The van der Waals surface area contributed by atoms with Crippen LogP contribution in [0, 0.1) is 11.8 Å². The summed E-state index contributed by atoms with van der Waals surface area (Å²) in [6, 6.07) is 19.7. The molecule has 0 unspecified atom stereocenters. The van der Waals surface area contributed by atoms with Gasteiger partial charge in [0.15, 0.2) is 0 Å². The largest absolute Gasteiger partial charge is 0.349 e. The normalized spacial score (nSPS) is 25.7. The third kappa shape index (κ3) is 6.05. The Morgan fingerprint density at radius 2 is 1.65 bits per heavy atom. The van der Waals surface area contributed by atoms with Crippen molar-refractivity contribution >= 4 is 17.7 Å². The van der Waals surface area contributed by atoms with E-state index in [1.807, 2.05) is 11.8 Å². The minimum atomic E-state index is 0.186. The molecule has 34 heavy (non-hydrogen) atoms. The molecule has 0 radical (unpaired) electrons. The molecular formula is C29H39N3OS. The van der Waals surface area contributed by atoms with Crippen molar-refractivity contribution < 1.29 is 4.79 Å². The van der Waals surface area contributed by atoms with E-state index in [-0.39, 0.29) is 11.9 Å². The summed E-state index contributed by atoms with van der Waals surface area (Å²) in [6.07, 6.45) is 6.79. The van der Waals surface area contributed by atoms with Crippen LogP contribution in [0.2, 0.25) is 0 Å². The van der Waals surface area contributed by atoms with Crippen molar-refractivity contribution in [1.29, 1.82) is 0 Å². The van der Waals surface area contributed by atoms with E-state index in [9.17, 15) is 4.79 Å². The minimum Gasteiger partial charge on any atom is -0.349 e. The first kappa shape index (κ1) is 23.9. The molecule has 0 bridgehead atoms. The number of piperazine rings is 1. The SMILES string of the molecule is O=C(CCCN1CCN(Cc2ccccc2)CC1)N[C@H]1c2ccccc2SC[C@@H]2CCCC[C@H]21. The molecule has 1 saturated carbocycles. The summed E-state index contributed by atoms with van der Waals surface area (Å²) in [5.74, 6) is 2.75. The summed E-state index contributed by atoms with van der Waals surface area (Å²) in [5, 5.41) is 3.51. The Labute approximate surface area is 209 Å². The van der Waals surface area contributed by atoms with Crippen molar-refractivity contribution in [3.8, 4) is 0 Å². The first-order valence-corrected chi connectivity index (χ1v) is 14.2. The highest BCUT2D eigenvalue weighted by molar-refractivity contribution is 7.99. The lowest BCUT2D eigenvalue weighted by Gasteiger charge is -2.36. The number of rotatable bonds is 7. The zero-order valence-corrected chi connectivity index (χ0v) is 21.1. The third-order valence-electron chi connectivity index (χ3n) is 8.01. The van der Waals surface area contributed by atoms with Gasteiger partial charge in [0.2, 0.25) is 5.91 Å². The highest BCUT2D eigenvalue weighted by atomic mass is 32.2. The monoisotopic (exact) mass is 477 g/mol. The van der Waals surface area contributed by atoms with Crippen LogP contribution in [0.5, 0.6) is 0 Å². The van der Waals surface area contributed by atoms with Crippen molar-refractivity contribution in [2.24, 2.45) is 11.8 Å². The molecule has 2 fully saturated rings. The number of carbonyl (C=O) groups is 1. The number of amides is 1. The van der Waals surface area contributed by atoms with Gasteiger partial charge in [-0.15, -0.1) is 11.8 Å². The number of thioether (sulfide) groups is 1. The molecule has 3 aliphatic rings. The number of hydrogen-bond donors (Lipinski definition) is 1. The quantitative estimate of drug-likeness (QED) is 0.583. The molecule has 5 heteroatoms. The van der Waals surface area contributed by atoms with Gasteiger partial charge < -0.3 is 10.2 Å². The van der Waals surface area contributed by atoms with Gasteiger partial charge in [-0.2, -0.15) is 0 Å². The van der Waals surface area contributed by atoms with E-state index in [1.54, 1.807) is 0 Å². The molecule has 3 atom stereocenters. The molecule has 0 aromatic heterocycles. The van der Waals surface area contributed by atoms with Gasteiger partial charge in [-0.1, -0.05) is 61.4 Å². The van der Waals surface area contributed by atoms with Crippen LogP contribution in [0.25, 0.3) is 0 Å². The van der Waals surface area contributed by atoms with E-state index in [4.69, 9.17) is 0 Å². The lowest BCUT2D eigenvalue weighted by atomic mass is 9.74. The molecule has 1 amide bonds. The molecule has 0 spiro atoms. The Bertz CT molecular complexity index is 928. The topological polar surface area (TPSA) is 35.6 Å². The van der Waals surface area contributed by atoms with Crippen LogP contribution in [-0.2, 0) is 11.3 Å². The maximum Gasteiger partial charge on any atom is 0.220 e. The lowest BCUT2D eigenvalue weighted by Crippen LogP contribution is -2.46. The standard InChI is InChI=1S/C29H39N3OS/c33-28(15-8-16-31-17-19-32(20-18-31)21-23-9-2-1-3-10-23)30-29-25-12-5-4-11-24(25)22-34-27-14-7-6-13-26(27)29/h1-3,6-7,9-10,13-14,24-25,29H,4-5,8,11-12,15-22H2,(H,30,33)/t24-,25+,29+/m0/s1. The summed E-state index contributed by atoms with van der Waals surface area (Å²) < 4.78 is 0. The molecule has 2 heterocycles. The number of nitrogens with one attached hydrogen (secondary N) is 1. The zero-order valence-electron chi connectivity index (χ0n) is 20.3. The van der Waals surface area contributed by atoms with Gasteiger partial charge >= 0.3 is 0 Å². The number of nitrogens with zero attached hydrogens (tertiary/aromatic N) is 2. The van der Waals surface area contributed by atoms with Gasteiger partial charge in [0.05, 0.1) is 6.04 Å². The van der Waals surface area contributed by atoms with Gasteiger partial charge in [-0.3, -0.25) is 9.69 Å². The first-order valence-electron chi connectivity index (χ1n) is 13.3. The molecule has 1 aliphatic carbocycles. The van der Waals surface area contributed by atoms with Crippen LogP contribution in [-0.4, -0.2) is 54.2 Å². The second-order valence-electron chi connectivity index (χ2n) is 10.3. The second kappa shape index (κ2) is 11.7. The van der Waals surface area contributed by atoms with Gasteiger partial charge in [0.25, 0.3) is 0 Å². The minimum absolute atomic E-state index is 0.186. The highest BCUT2D eigenvalue weighted by Gasteiger charge is 2.37. The summed E-state index contributed by atoms with van der Waals surface area (Å²) >= 11 is 2.00. The Hall–Kier alpha value is -1.82. The number of benzene rings is 2. The molecule has 2 aromatic carbocycles. The molecule has 4 nitrogen and oxygen atoms in total. The first-order chi connectivity index (χ1) is 16.8. The van der Waals surface area contributed by atoms with Gasteiger partial charge in [0.1, 0.15) is 0 Å². The fourth-order valence-corrected chi connectivity index (χ4v) is 7.43. The second-order valence-corrected chi connectivity index (χ2v) is 11.4. The molecule has 1 N–H and O–H groups in total. The Kier molecular flexibility index (Phi) is 8.25. The van der Waals surface area contributed by atoms with Crippen molar-refractivity contribution in [3.63, 3.8) is 0 Å². The van der Waals surface area contributed by atoms with E-state index in [0.29, 0.717) is 12.3 Å². The average molecular weight is 478 g/mol. The smallest absolute Gasteiger partial charge is 0.220 e. The van der Waals surface area contributed by atoms with E-state index in [1.165, 1.54) is 47.5 Å². The maximum atomic E-state index is 13.1. The Morgan fingerprint density at radius 1 is 0.912 bits per heavy atom. The molecule has 1 saturated heterocycles. The van der Waals surface area contributed by atoms with Gasteiger partial charge in [-0.25, -0.2) is 0 Å². The summed E-state index contributed by atoms with van der Waals surface area (Å²) in [6.45, 7) is 6.49. The van der Waals surface area contributed by atoms with Crippen LogP contribution in [0.3, 0.4) is 0 Å². The number of hydrogen-bond acceptors (Lipinski definition) is 4. The van der Waals surface area contributed by atoms with Crippen molar-refractivity contribution in [2.75, 3.05) is 38.5 Å². The zero-order chi connectivity index (χ0) is 23.2. The Morgan fingerprint density at radius 3 is 2.50 bits per heavy atom. The highest BCUT2D eigenvalue weighted by Crippen LogP contribution is 2.46. The lowest BCUT2D eigenvalue weighted by molar-refractivity contribution is -0.122. The molecule has 2 aromatic rings. The number of fused-ring (bicyclic) bond motifs is 2. The van der Waals surface area contributed by atoms with Crippen LogP contribution in [0.4, 0.5) is 0 Å². The molecular weight excluding hydrogens is 438 g/mol. The van der Waals surface area contributed by atoms with Crippen molar-refractivity contribution in [2.45, 2.75) is 56.0 Å². The molecule has 2 aliphatic heterocycles.